The third kappa shape index (κ3) is 6.95. The van der Waals surface area contributed by atoms with E-state index in [2.05, 4.69) is 67.0 Å². The minimum absolute atomic E-state index is 0.814. The Morgan fingerprint density at radius 1 is 0.818 bits per heavy atom. The van der Waals surface area contributed by atoms with Crippen molar-refractivity contribution < 1.29 is 0 Å². The molecular weight excluding hydrogens is 439 g/mol. The van der Waals surface area contributed by atoms with Crippen LogP contribution in [0.25, 0.3) is 0 Å². The van der Waals surface area contributed by atoms with E-state index in [-0.39, 0.29) is 0 Å². The van der Waals surface area contributed by atoms with Crippen LogP contribution in [0, 0.1) is 0 Å². The van der Waals surface area contributed by atoms with Crippen molar-refractivity contribution in [2.75, 3.05) is 0 Å². The number of benzene rings is 1. The van der Waals surface area contributed by atoms with Crippen molar-refractivity contribution in [2.45, 2.75) is 81.9 Å². The van der Waals surface area contributed by atoms with Crippen LogP contribution in [0.4, 0.5) is 0 Å². The standard InChI is InChI=1S/C8H8Br.3C4H9.Sn/c9-7-6-8-4-2-1-3-5-8;3*1-3-4-2;/h1-5,7H,6H2;3*1,3-4H2,2H3;. The molecular formula is C20H35BrSn. The normalized spacial score (nSPS) is 13.3. The zero-order chi connectivity index (χ0) is 16.3. The summed E-state index contributed by atoms with van der Waals surface area (Å²) < 4.78 is 5.59. The van der Waals surface area contributed by atoms with Crippen molar-refractivity contribution in [3.8, 4) is 0 Å². The summed E-state index contributed by atoms with van der Waals surface area (Å²) in [5.41, 5.74) is 1.52. The molecule has 0 N–H and O–H groups in total. The molecule has 0 aliphatic rings. The molecule has 0 saturated carbocycles. The second-order valence-corrected chi connectivity index (χ2v) is 24.4. The molecule has 1 rings (SSSR count). The summed E-state index contributed by atoms with van der Waals surface area (Å²) in [6.45, 7) is 7.07. The quantitative estimate of drug-likeness (QED) is 0.219. The van der Waals surface area contributed by atoms with E-state index in [0.717, 1.165) is 2.84 Å². The van der Waals surface area contributed by atoms with E-state index in [9.17, 15) is 0 Å². The molecule has 22 heavy (non-hydrogen) atoms. The van der Waals surface area contributed by atoms with Crippen LogP contribution in [0.1, 0.15) is 64.9 Å². The van der Waals surface area contributed by atoms with Crippen molar-refractivity contribution in [3.63, 3.8) is 0 Å². The molecule has 0 spiro atoms. The summed E-state index contributed by atoms with van der Waals surface area (Å²) in [6, 6.07) is 11.1. The molecule has 0 fully saturated rings. The van der Waals surface area contributed by atoms with E-state index >= 15 is 0 Å². The second-order valence-electron chi connectivity index (χ2n) is 6.83. The van der Waals surface area contributed by atoms with Crippen LogP contribution in [0.15, 0.2) is 30.3 Å². The van der Waals surface area contributed by atoms with Crippen molar-refractivity contribution in [2.24, 2.45) is 0 Å². The first-order valence-corrected chi connectivity index (χ1v) is 18.0. The molecule has 0 bridgehead atoms. The van der Waals surface area contributed by atoms with Gasteiger partial charge in [0.25, 0.3) is 0 Å². The Bertz CT molecular complexity index is 355. The first kappa shape index (κ1) is 20.5. The molecule has 2 heteroatoms. The van der Waals surface area contributed by atoms with Crippen molar-refractivity contribution in [3.05, 3.63) is 35.9 Å². The fourth-order valence-electron chi connectivity index (χ4n) is 3.47. The molecule has 1 aromatic rings. The average Bonchev–Trinajstić information content (AvgIpc) is 2.55. The molecule has 0 aromatic heterocycles. The van der Waals surface area contributed by atoms with Crippen molar-refractivity contribution >= 4 is 34.3 Å². The summed E-state index contributed by atoms with van der Waals surface area (Å²) in [5, 5.41) is 0. The third-order valence-corrected chi connectivity index (χ3v) is 27.8. The number of hydrogen-bond acceptors (Lipinski definition) is 0. The number of alkyl halides is 1. The monoisotopic (exact) mass is 474 g/mol. The van der Waals surface area contributed by atoms with E-state index < -0.39 is 18.4 Å². The van der Waals surface area contributed by atoms with Gasteiger partial charge in [0.2, 0.25) is 0 Å². The SMILES string of the molecule is CCC[CH2][Sn]([CH2]CCC)([CH2]CCC)[CH](Br)Cc1ccccc1. The second kappa shape index (κ2) is 11.9. The molecule has 0 saturated heterocycles. The van der Waals surface area contributed by atoms with Gasteiger partial charge in [0.1, 0.15) is 0 Å². The van der Waals surface area contributed by atoms with Gasteiger partial charge in [-0.1, -0.05) is 0 Å². The maximum atomic E-state index is 4.22. The number of halogens is 1. The predicted molar refractivity (Wildman–Crippen MR) is 108 cm³/mol. The molecule has 126 valence electrons. The predicted octanol–water partition coefficient (Wildman–Crippen LogP) is 7.38. The maximum absolute atomic E-state index is 4.22. The average molecular weight is 474 g/mol. The van der Waals surface area contributed by atoms with E-state index in [1.54, 1.807) is 13.3 Å². The molecule has 1 unspecified atom stereocenters. The van der Waals surface area contributed by atoms with Crippen molar-refractivity contribution in [1.82, 2.24) is 0 Å². The zero-order valence-corrected chi connectivity index (χ0v) is 19.4. The number of hydrogen-bond donors (Lipinski definition) is 0. The summed E-state index contributed by atoms with van der Waals surface area (Å²) >= 11 is 2.12. The van der Waals surface area contributed by atoms with Gasteiger partial charge >= 0.3 is 152 Å². The summed E-state index contributed by atoms with van der Waals surface area (Å²) in [4.78, 5) is 0. The van der Waals surface area contributed by atoms with E-state index in [1.165, 1.54) is 50.5 Å². The van der Waals surface area contributed by atoms with Gasteiger partial charge in [-0.3, -0.25) is 0 Å². The van der Waals surface area contributed by atoms with E-state index in [0.29, 0.717) is 0 Å². The Kier molecular flexibility index (Phi) is 11.2. The van der Waals surface area contributed by atoms with E-state index in [1.807, 2.05) is 0 Å². The van der Waals surface area contributed by atoms with Gasteiger partial charge < -0.3 is 0 Å². The molecule has 0 aliphatic heterocycles. The first-order valence-electron chi connectivity index (χ1n) is 9.36. The van der Waals surface area contributed by atoms with Crippen LogP contribution in [0.5, 0.6) is 0 Å². The number of rotatable bonds is 12. The molecule has 0 aliphatic carbocycles. The summed E-state index contributed by atoms with van der Waals surface area (Å²) in [7, 11) is 0. The molecule has 0 radical (unpaired) electrons. The van der Waals surface area contributed by atoms with Gasteiger partial charge in [-0.15, -0.1) is 0 Å². The molecule has 0 nitrogen and oxygen atoms in total. The van der Waals surface area contributed by atoms with Gasteiger partial charge in [-0.05, 0) is 0 Å². The minimum atomic E-state index is -2.10. The zero-order valence-electron chi connectivity index (χ0n) is 14.9. The Morgan fingerprint density at radius 3 is 1.68 bits per heavy atom. The Labute approximate surface area is 151 Å². The molecule has 1 atom stereocenters. The molecule has 0 amide bonds. The van der Waals surface area contributed by atoms with Crippen molar-refractivity contribution in [1.29, 1.82) is 0 Å². The van der Waals surface area contributed by atoms with Gasteiger partial charge in [0.05, 0.1) is 0 Å². The van der Waals surface area contributed by atoms with Crippen LogP contribution in [0.3, 0.4) is 0 Å². The van der Waals surface area contributed by atoms with Gasteiger partial charge in [-0.25, -0.2) is 0 Å². The fraction of sp³-hybridized carbons (Fsp3) is 0.700. The Hall–Kier alpha value is 0.499. The fourth-order valence-corrected chi connectivity index (χ4v) is 24.2. The Balaban J connectivity index is 2.86. The molecule has 0 heterocycles. The van der Waals surface area contributed by atoms with Crippen LogP contribution < -0.4 is 0 Å². The Morgan fingerprint density at radius 2 is 1.27 bits per heavy atom. The number of unbranched alkanes of at least 4 members (excludes halogenated alkanes) is 3. The topological polar surface area (TPSA) is 0 Å². The van der Waals surface area contributed by atoms with Crippen LogP contribution in [0.2, 0.25) is 13.3 Å². The van der Waals surface area contributed by atoms with Crippen LogP contribution in [-0.4, -0.2) is 21.2 Å². The van der Waals surface area contributed by atoms with Crippen LogP contribution >= 0.6 is 15.9 Å². The van der Waals surface area contributed by atoms with Gasteiger partial charge in [-0.2, -0.15) is 0 Å². The van der Waals surface area contributed by atoms with Gasteiger partial charge in [0, 0.05) is 0 Å². The third-order valence-electron chi connectivity index (χ3n) is 5.01. The summed E-state index contributed by atoms with van der Waals surface area (Å²) in [6.07, 6.45) is 9.72. The van der Waals surface area contributed by atoms with E-state index in [4.69, 9.17) is 0 Å². The van der Waals surface area contributed by atoms with Gasteiger partial charge in [0.15, 0.2) is 0 Å². The first-order chi connectivity index (χ1) is 10.7. The summed E-state index contributed by atoms with van der Waals surface area (Å²) in [5.74, 6) is 0. The van der Waals surface area contributed by atoms with Crippen LogP contribution in [-0.2, 0) is 6.42 Å². The molecule has 1 aromatic carbocycles.